The van der Waals surface area contributed by atoms with Gasteiger partial charge in [0.15, 0.2) is 0 Å². The van der Waals surface area contributed by atoms with Gasteiger partial charge < -0.3 is 14.9 Å². The molecule has 5 aromatic carbocycles. The van der Waals surface area contributed by atoms with Crippen molar-refractivity contribution in [2.45, 2.75) is 6.92 Å². The molecule has 0 nitrogen and oxygen atoms in total. The maximum atomic E-state index is 2.30. The first-order chi connectivity index (χ1) is 11.8. The van der Waals surface area contributed by atoms with Gasteiger partial charge in [-0.2, -0.15) is 6.07 Å². The van der Waals surface area contributed by atoms with Crippen molar-refractivity contribution >= 4 is 32.3 Å². The third kappa shape index (κ3) is 3.42. The molecule has 0 spiro atoms. The van der Waals surface area contributed by atoms with Crippen molar-refractivity contribution in [3.8, 4) is 11.1 Å². The van der Waals surface area contributed by atoms with Gasteiger partial charge >= 0.3 is 26.2 Å². The Bertz CT molecular complexity index is 1210. The van der Waals surface area contributed by atoms with E-state index in [1.54, 1.807) is 0 Å². The SMILES string of the molecule is Cc1cc2c(-c3cccc4c3ccc3ccccc34)cccc2[cH-]1.[CH3-].[CH3-].[Zr+3]. The van der Waals surface area contributed by atoms with Crippen molar-refractivity contribution in [2.24, 2.45) is 0 Å². The number of hydrogen-bond donors (Lipinski definition) is 0. The second kappa shape index (κ2) is 8.28. The Balaban J connectivity index is 0.000000871. The molecular weight excluding hydrogens is 404 g/mol. The molecule has 0 bridgehead atoms. The van der Waals surface area contributed by atoms with E-state index in [0.717, 1.165) is 0 Å². The zero-order chi connectivity index (χ0) is 16.1. The summed E-state index contributed by atoms with van der Waals surface area (Å²) in [6.07, 6.45) is 0. The van der Waals surface area contributed by atoms with E-state index in [-0.39, 0.29) is 41.1 Å². The minimum Gasteiger partial charge on any atom is -0.358 e. The van der Waals surface area contributed by atoms with Crippen LogP contribution in [0.2, 0.25) is 0 Å². The second-order valence-corrected chi connectivity index (χ2v) is 6.53. The van der Waals surface area contributed by atoms with Crippen LogP contribution in [0.3, 0.4) is 0 Å². The van der Waals surface area contributed by atoms with Gasteiger partial charge in [-0.05, 0) is 27.1 Å². The summed E-state index contributed by atoms with van der Waals surface area (Å²) in [6, 6.07) is 30.9. The molecule has 5 rings (SSSR count). The molecule has 0 aliphatic heterocycles. The zero-order valence-corrected chi connectivity index (χ0v) is 18.5. The molecule has 0 heterocycles. The summed E-state index contributed by atoms with van der Waals surface area (Å²) < 4.78 is 0. The van der Waals surface area contributed by atoms with Gasteiger partial charge in [0.05, 0.1) is 0 Å². The van der Waals surface area contributed by atoms with Crippen molar-refractivity contribution in [1.82, 2.24) is 0 Å². The van der Waals surface area contributed by atoms with Gasteiger partial charge in [0.25, 0.3) is 0 Å². The molecule has 0 aromatic heterocycles. The molecule has 1 radical (unpaired) electrons. The van der Waals surface area contributed by atoms with Gasteiger partial charge in [-0.1, -0.05) is 73.2 Å². The normalized spacial score (nSPS) is 10.3. The Hall–Kier alpha value is -2.11. The van der Waals surface area contributed by atoms with Crippen LogP contribution in [0, 0.1) is 21.8 Å². The molecule has 0 aliphatic carbocycles. The van der Waals surface area contributed by atoms with Gasteiger partial charge in [-0.25, -0.2) is 0 Å². The molecule has 0 fully saturated rings. The summed E-state index contributed by atoms with van der Waals surface area (Å²) in [5.74, 6) is 0. The van der Waals surface area contributed by atoms with Crippen LogP contribution in [0.1, 0.15) is 5.56 Å². The molecule has 1 heteroatoms. The van der Waals surface area contributed by atoms with E-state index >= 15 is 0 Å². The van der Waals surface area contributed by atoms with Crippen molar-refractivity contribution < 1.29 is 26.2 Å². The average molecular weight is 427 g/mol. The first-order valence-corrected chi connectivity index (χ1v) is 8.38. The van der Waals surface area contributed by atoms with Crippen molar-refractivity contribution in [2.75, 3.05) is 0 Å². The third-order valence-electron chi connectivity index (χ3n) is 4.97. The summed E-state index contributed by atoms with van der Waals surface area (Å²) >= 11 is 0. The number of rotatable bonds is 1. The van der Waals surface area contributed by atoms with Gasteiger partial charge in [-0.15, -0.1) is 34.5 Å². The van der Waals surface area contributed by atoms with Crippen molar-refractivity contribution in [3.63, 3.8) is 0 Å². The van der Waals surface area contributed by atoms with E-state index in [1.165, 1.54) is 49.0 Å². The fourth-order valence-corrected chi connectivity index (χ4v) is 3.89. The maximum absolute atomic E-state index is 2.30. The van der Waals surface area contributed by atoms with E-state index < -0.39 is 0 Å². The molecule has 0 unspecified atom stereocenters. The first kappa shape index (κ1) is 21.2. The van der Waals surface area contributed by atoms with Crippen LogP contribution < -0.4 is 0 Å². The second-order valence-electron chi connectivity index (χ2n) is 6.53. The number of hydrogen-bond acceptors (Lipinski definition) is 0. The van der Waals surface area contributed by atoms with Crippen LogP contribution >= 0.6 is 0 Å². The molecule has 0 saturated heterocycles. The van der Waals surface area contributed by atoms with Crippen molar-refractivity contribution in [3.05, 3.63) is 105 Å². The fraction of sp³-hybridized carbons (Fsp3) is 0.0385. The number of aryl methyl sites for hydroxylation is 1. The predicted octanol–water partition coefficient (Wildman–Crippen LogP) is 7.74. The molecular formula is C26H23Zr. The van der Waals surface area contributed by atoms with Gasteiger partial charge in [0, 0.05) is 0 Å². The number of benzene rings is 4. The molecule has 27 heavy (non-hydrogen) atoms. The largest absolute Gasteiger partial charge is 3.00 e. The Kier molecular flexibility index (Phi) is 6.50. The standard InChI is InChI=1S/C24H17.2CH3.Zr/c1-16-14-18-7-4-9-22(24(18)15-16)21-11-5-10-20-19-8-3-2-6-17(19)12-13-23(20)21;;;/h2-15H,1H3;2*1H3;/q3*-1;+3. The monoisotopic (exact) mass is 425 g/mol. The van der Waals surface area contributed by atoms with E-state index in [4.69, 9.17) is 0 Å². The van der Waals surface area contributed by atoms with Gasteiger partial charge in [0.1, 0.15) is 0 Å². The van der Waals surface area contributed by atoms with Crippen LogP contribution in [0.4, 0.5) is 0 Å². The van der Waals surface area contributed by atoms with Crippen LogP contribution in [0.25, 0.3) is 43.4 Å². The predicted molar refractivity (Wildman–Crippen MR) is 118 cm³/mol. The van der Waals surface area contributed by atoms with Crippen LogP contribution in [0.15, 0.2) is 84.9 Å². The molecule has 0 saturated carbocycles. The summed E-state index contributed by atoms with van der Waals surface area (Å²) in [5.41, 5.74) is 3.96. The topological polar surface area (TPSA) is 0 Å². The molecule has 0 N–H and O–H groups in total. The fourth-order valence-electron chi connectivity index (χ4n) is 3.89. The molecule has 5 aromatic rings. The molecule has 0 amide bonds. The van der Waals surface area contributed by atoms with E-state index in [9.17, 15) is 0 Å². The van der Waals surface area contributed by atoms with Gasteiger partial charge in [0.2, 0.25) is 0 Å². The molecule has 0 atom stereocenters. The summed E-state index contributed by atoms with van der Waals surface area (Å²) in [5, 5.41) is 7.93. The Morgan fingerprint density at radius 1 is 0.593 bits per heavy atom. The quantitative estimate of drug-likeness (QED) is 0.190. The Morgan fingerprint density at radius 2 is 1.26 bits per heavy atom. The molecule has 131 valence electrons. The third-order valence-corrected chi connectivity index (χ3v) is 4.97. The van der Waals surface area contributed by atoms with E-state index in [2.05, 4.69) is 91.9 Å². The summed E-state index contributed by atoms with van der Waals surface area (Å²) in [4.78, 5) is 0. The average Bonchev–Trinajstić information content (AvgIpc) is 3.01. The van der Waals surface area contributed by atoms with E-state index in [0.29, 0.717) is 0 Å². The minimum absolute atomic E-state index is 0. The van der Waals surface area contributed by atoms with Crippen LogP contribution in [-0.2, 0) is 26.2 Å². The Morgan fingerprint density at radius 3 is 2.07 bits per heavy atom. The number of fused-ring (bicyclic) bond motifs is 4. The molecule has 0 aliphatic rings. The zero-order valence-electron chi connectivity index (χ0n) is 16.1. The van der Waals surface area contributed by atoms with Gasteiger partial charge in [-0.3, -0.25) is 0 Å². The Labute approximate surface area is 181 Å². The first-order valence-electron chi connectivity index (χ1n) is 8.38. The summed E-state index contributed by atoms with van der Waals surface area (Å²) in [7, 11) is 0. The van der Waals surface area contributed by atoms with Crippen molar-refractivity contribution in [1.29, 1.82) is 0 Å². The maximum Gasteiger partial charge on any atom is 3.00 e. The summed E-state index contributed by atoms with van der Waals surface area (Å²) in [6.45, 7) is 2.17. The smallest absolute Gasteiger partial charge is 0.358 e. The van der Waals surface area contributed by atoms with E-state index in [1.807, 2.05) is 0 Å². The van der Waals surface area contributed by atoms with Crippen LogP contribution in [-0.4, -0.2) is 0 Å². The minimum atomic E-state index is 0. The van der Waals surface area contributed by atoms with Crippen LogP contribution in [0.5, 0.6) is 0 Å².